The molecule has 0 aromatic heterocycles. The van der Waals surface area contributed by atoms with Gasteiger partial charge in [-0.3, -0.25) is 14.5 Å². The molecule has 1 unspecified atom stereocenters. The highest BCUT2D eigenvalue weighted by molar-refractivity contribution is 5.94. The van der Waals surface area contributed by atoms with Crippen molar-refractivity contribution in [3.63, 3.8) is 0 Å². The normalized spacial score (nSPS) is 22.5. The van der Waals surface area contributed by atoms with E-state index in [0.717, 1.165) is 16.7 Å². The van der Waals surface area contributed by atoms with E-state index in [9.17, 15) is 9.59 Å². The minimum atomic E-state index is -0.835. The van der Waals surface area contributed by atoms with E-state index >= 15 is 0 Å². The average Bonchev–Trinajstić information content (AvgIpc) is 2.86. The van der Waals surface area contributed by atoms with Crippen molar-refractivity contribution in [1.29, 1.82) is 0 Å². The van der Waals surface area contributed by atoms with Gasteiger partial charge in [-0.15, -0.1) is 0 Å². The Kier molecular flexibility index (Phi) is 3.80. The lowest BCUT2D eigenvalue weighted by molar-refractivity contribution is -0.131. The Morgan fingerprint density at radius 3 is 2.69 bits per heavy atom. The van der Waals surface area contributed by atoms with Gasteiger partial charge in [-0.25, -0.2) is 0 Å². The summed E-state index contributed by atoms with van der Waals surface area (Å²) in [7, 11) is 0. The van der Waals surface area contributed by atoms with Gasteiger partial charge < -0.3 is 10.6 Å². The fraction of sp³-hybridized carbons (Fsp3) is 0.238. The Bertz CT molecular complexity index is 921. The first kappa shape index (κ1) is 16.4. The second kappa shape index (κ2) is 6.02. The lowest BCUT2D eigenvalue weighted by atomic mass is 9.90. The summed E-state index contributed by atoms with van der Waals surface area (Å²) in [6, 6.07) is 15.3. The van der Waals surface area contributed by atoms with Crippen LogP contribution in [0.2, 0.25) is 0 Å². The summed E-state index contributed by atoms with van der Waals surface area (Å²) in [5, 5.41) is 6.24. The number of benzene rings is 2. The molecule has 2 aromatic carbocycles. The quantitative estimate of drug-likeness (QED) is 0.769. The molecule has 132 valence electrons. The second-order valence-corrected chi connectivity index (χ2v) is 6.99. The highest BCUT2D eigenvalue weighted by Crippen LogP contribution is 2.33. The van der Waals surface area contributed by atoms with Crippen molar-refractivity contribution < 1.29 is 9.59 Å². The SMILES string of the molecule is C=C1NC2(C)C(=O)N1Cc1cccc(c1)C(=O)NCCc1cccc2c1. The maximum Gasteiger partial charge on any atom is 0.258 e. The molecular weight excluding hydrogens is 326 g/mol. The van der Waals surface area contributed by atoms with E-state index in [1.165, 1.54) is 0 Å². The molecule has 0 aliphatic carbocycles. The third kappa shape index (κ3) is 2.65. The molecule has 0 spiro atoms. The molecular formula is C21H21N3O2. The van der Waals surface area contributed by atoms with Crippen molar-refractivity contribution in [3.05, 3.63) is 83.2 Å². The lowest BCUT2D eigenvalue weighted by Crippen LogP contribution is -2.40. The van der Waals surface area contributed by atoms with Crippen LogP contribution in [0.25, 0.3) is 0 Å². The van der Waals surface area contributed by atoms with Gasteiger partial charge in [-0.2, -0.15) is 0 Å². The van der Waals surface area contributed by atoms with Crippen LogP contribution < -0.4 is 10.6 Å². The first-order valence-corrected chi connectivity index (χ1v) is 8.73. The number of rotatable bonds is 0. The predicted molar refractivity (Wildman–Crippen MR) is 99.1 cm³/mol. The zero-order valence-electron chi connectivity index (χ0n) is 14.7. The van der Waals surface area contributed by atoms with Gasteiger partial charge >= 0.3 is 0 Å². The van der Waals surface area contributed by atoms with Gasteiger partial charge in [0.05, 0.1) is 6.54 Å². The Hall–Kier alpha value is -3.08. The van der Waals surface area contributed by atoms with Crippen LogP contribution in [0.3, 0.4) is 0 Å². The first-order chi connectivity index (χ1) is 12.5. The molecule has 2 N–H and O–H groups in total. The predicted octanol–water partition coefficient (Wildman–Crippen LogP) is 2.29. The first-order valence-electron chi connectivity index (χ1n) is 8.73. The van der Waals surface area contributed by atoms with Crippen molar-refractivity contribution in [1.82, 2.24) is 15.5 Å². The summed E-state index contributed by atoms with van der Waals surface area (Å²) in [6.07, 6.45) is 0.703. The van der Waals surface area contributed by atoms with E-state index in [0.29, 0.717) is 30.9 Å². The lowest BCUT2D eigenvalue weighted by Gasteiger charge is -2.24. The van der Waals surface area contributed by atoms with Crippen LogP contribution in [-0.4, -0.2) is 23.3 Å². The minimum absolute atomic E-state index is 0.0356. The monoisotopic (exact) mass is 347 g/mol. The van der Waals surface area contributed by atoms with E-state index < -0.39 is 5.54 Å². The number of carbonyl (C=O) groups is 2. The number of fused-ring (bicyclic) bond motifs is 7. The maximum absolute atomic E-state index is 13.2. The van der Waals surface area contributed by atoms with Crippen LogP contribution in [0.1, 0.15) is 34.0 Å². The molecule has 5 heteroatoms. The molecule has 1 saturated heterocycles. The van der Waals surface area contributed by atoms with Gasteiger partial charge in [-0.1, -0.05) is 43.0 Å². The Labute approximate surface area is 152 Å². The summed E-state index contributed by atoms with van der Waals surface area (Å²) in [5.74, 6) is 0.439. The maximum atomic E-state index is 13.2. The third-order valence-corrected chi connectivity index (χ3v) is 5.13. The van der Waals surface area contributed by atoms with Gasteiger partial charge in [0.25, 0.3) is 11.8 Å². The molecule has 2 aliphatic heterocycles. The number of nitrogens with zero attached hydrogens (tertiary/aromatic N) is 1. The summed E-state index contributed by atoms with van der Waals surface area (Å²) in [5.41, 5.74) is 2.64. The number of hydrogen-bond acceptors (Lipinski definition) is 3. The van der Waals surface area contributed by atoms with Gasteiger partial charge in [0.1, 0.15) is 11.4 Å². The summed E-state index contributed by atoms with van der Waals surface area (Å²) < 4.78 is 0. The largest absolute Gasteiger partial charge is 0.354 e. The summed E-state index contributed by atoms with van der Waals surface area (Å²) >= 11 is 0. The Balaban J connectivity index is 1.80. The van der Waals surface area contributed by atoms with E-state index in [1.54, 1.807) is 11.0 Å². The number of carbonyl (C=O) groups excluding carboxylic acids is 2. The van der Waals surface area contributed by atoms with Crippen molar-refractivity contribution in [2.75, 3.05) is 6.54 Å². The van der Waals surface area contributed by atoms with Crippen LogP contribution in [0, 0.1) is 0 Å². The molecule has 4 rings (SSSR count). The van der Waals surface area contributed by atoms with Crippen LogP contribution >= 0.6 is 0 Å². The Morgan fingerprint density at radius 2 is 1.85 bits per heavy atom. The molecule has 2 aliphatic rings. The zero-order valence-corrected chi connectivity index (χ0v) is 14.7. The smallest absolute Gasteiger partial charge is 0.258 e. The standard InChI is InChI=1S/C21H21N3O2/c1-14-23-21(2)18-8-4-5-15(12-18)9-10-22-19(25)17-7-3-6-16(11-17)13-24(14)20(21)26/h3-8,11-12,23H,1,9-10,13H2,2H3,(H,22,25). The molecule has 1 fully saturated rings. The molecule has 1 atom stereocenters. The molecule has 2 amide bonds. The molecule has 5 nitrogen and oxygen atoms in total. The van der Waals surface area contributed by atoms with Gasteiger partial charge in [0, 0.05) is 12.1 Å². The van der Waals surface area contributed by atoms with Crippen molar-refractivity contribution in [2.24, 2.45) is 0 Å². The van der Waals surface area contributed by atoms with Crippen molar-refractivity contribution in [2.45, 2.75) is 25.4 Å². The fourth-order valence-corrected chi connectivity index (χ4v) is 3.62. The second-order valence-electron chi connectivity index (χ2n) is 6.99. The minimum Gasteiger partial charge on any atom is -0.354 e. The molecule has 0 saturated carbocycles. The number of hydrogen-bond donors (Lipinski definition) is 2. The summed E-state index contributed by atoms with van der Waals surface area (Å²) in [4.78, 5) is 27.2. The number of amides is 2. The third-order valence-electron chi connectivity index (χ3n) is 5.13. The van der Waals surface area contributed by atoms with Gasteiger partial charge in [0.15, 0.2) is 0 Å². The topological polar surface area (TPSA) is 61.4 Å². The number of nitrogens with one attached hydrogen (secondary N) is 2. The van der Waals surface area contributed by atoms with Crippen molar-refractivity contribution in [3.8, 4) is 0 Å². The Morgan fingerprint density at radius 1 is 1.08 bits per heavy atom. The average molecular weight is 347 g/mol. The van der Waals surface area contributed by atoms with E-state index in [2.05, 4.69) is 17.2 Å². The molecule has 6 bridgehead atoms. The van der Waals surface area contributed by atoms with E-state index in [-0.39, 0.29) is 11.8 Å². The van der Waals surface area contributed by atoms with Gasteiger partial charge in [0.2, 0.25) is 0 Å². The summed E-state index contributed by atoms with van der Waals surface area (Å²) in [6.45, 7) is 6.84. The molecule has 0 radical (unpaired) electrons. The highest BCUT2D eigenvalue weighted by Gasteiger charge is 2.46. The molecule has 26 heavy (non-hydrogen) atoms. The molecule has 2 heterocycles. The van der Waals surface area contributed by atoms with Crippen LogP contribution in [0.4, 0.5) is 0 Å². The van der Waals surface area contributed by atoms with Crippen LogP contribution in [0.15, 0.2) is 60.9 Å². The molecule has 2 aromatic rings. The fourth-order valence-electron chi connectivity index (χ4n) is 3.62. The van der Waals surface area contributed by atoms with Crippen LogP contribution in [0.5, 0.6) is 0 Å². The van der Waals surface area contributed by atoms with Crippen LogP contribution in [-0.2, 0) is 23.3 Å². The van der Waals surface area contributed by atoms with Gasteiger partial charge in [-0.05, 0) is 42.2 Å². The van der Waals surface area contributed by atoms with E-state index in [4.69, 9.17) is 0 Å². The van der Waals surface area contributed by atoms with Crippen molar-refractivity contribution >= 4 is 11.8 Å². The highest BCUT2D eigenvalue weighted by atomic mass is 16.2. The van der Waals surface area contributed by atoms with E-state index in [1.807, 2.05) is 49.4 Å². The zero-order chi connectivity index (χ0) is 18.3.